The molecule has 0 amide bonds. The molecule has 118 valence electrons. The number of aryl methyl sites for hydroxylation is 1. The Kier molecular flexibility index (Phi) is 3.13. The Morgan fingerprint density at radius 2 is 2.04 bits per heavy atom. The van der Waals surface area contributed by atoms with Crippen LogP contribution in [0.2, 0.25) is 0 Å². The molecule has 0 aliphatic rings. The quantitative estimate of drug-likeness (QED) is 0.535. The fourth-order valence-corrected chi connectivity index (χ4v) is 2.70. The van der Waals surface area contributed by atoms with Crippen LogP contribution in [0.5, 0.6) is 0 Å². The van der Waals surface area contributed by atoms with E-state index in [4.69, 9.17) is 0 Å². The molecule has 0 aromatic carbocycles. The van der Waals surface area contributed by atoms with E-state index in [0.717, 1.165) is 27.5 Å². The Morgan fingerprint density at radius 3 is 2.83 bits per heavy atom. The van der Waals surface area contributed by atoms with E-state index in [-0.39, 0.29) is 5.69 Å². The zero-order valence-electron chi connectivity index (χ0n) is 12.7. The predicted molar refractivity (Wildman–Crippen MR) is 90.6 cm³/mol. The van der Waals surface area contributed by atoms with Crippen molar-refractivity contribution >= 4 is 39.3 Å². The molecule has 3 N–H and O–H groups in total. The summed E-state index contributed by atoms with van der Waals surface area (Å²) in [6, 6.07) is 7.19. The maximum absolute atomic E-state index is 11.2. The van der Waals surface area contributed by atoms with Crippen LogP contribution in [0.1, 0.15) is 16.2 Å². The standard InChI is InChI=1S/C17H13N5O2/c1-9-6-10(2-5-19-9)20-16-13-8-18-4-3-11(13)12-7-14(17(23)24)21-15(12)22-16/h2-8H,1H3,(H,23,24)(H2,19,20,21,22). The van der Waals surface area contributed by atoms with E-state index in [1.54, 1.807) is 24.7 Å². The summed E-state index contributed by atoms with van der Waals surface area (Å²) in [6.45, 7) is 1.91. The average molecular weight is 319 g/mol. The molecule has 0 bridgehead atoms. The Labute approximate surface area is 136 Å². The van der Waals surface area contributed by atoms with E-state index in [9.17, 15) is 9.90 Å². The van der Waals surface area contributed by atoms with Crippen molar-refractivity contribution in [1.29, 1.82) is 0 Å². The normalized spacial score (nSPS) is 11.0. The van der Waals surface area contributed by atoms with E-state index in [0.29, 0.717) is 11.5 Å². The number of H-pyrrole nitrogens is 1. The van der Waals surface area contributed by atoms with Crippen molar-refractivity contribution < 1.29 is 9.90 Å². The van der Waals surface area contributed by atoms with Crippen LogP contribution in [-0.4, -0.2) is 31.0 Å². The fourth-order valence-electron chi connectivity index (χ4n) is 2.70. The van der Waals surface area contributed by atoms with E-state index < -0.39 is 5.97 Å². The molecule has 0 spiro atoms. The van der Waals surface area contributed by atoms with Crippen LogP contribution in [-0.2, 0) is 0 Å². The molecule has 0 radical (unpaired) electrons. The highest BCUT2D eigenvalue weighted by Gasteiger charge is 2.14. The number of fused-ring (bicyclic) bond motifs is 3. The number of aromatic nitrogens is 4. The molecule has 0 aliphatic heterocycles. The van der Waals surface area contributed by atoms with Crippen LogP contribution in [0.15, 0.2) is 42.9 Å². The molecule has 7 nitrogen and oxygen atoms in total. The lowest BCUT2D eigenvalue weighted by atomic mass is 10.1. The number of carboxylic acids is 1. The van der Waals surface area contributed by atoms with E-state index in [1.165, 1.54) is 0 Å². The first-order chi connectivity index (χ1) is 11.6. The summed E-state index contributed by atoms with van der Waals surface area (Å²) in [5.74, 6) is -0.413. The van der Waals surface area contributed by atoms with Gasteiger partial charge in [-0.25, -0.2) is 9.78 Å². The summed E-state index contributed by atoms with van der Waals surface area (Å²) < 4.78 is 0. The van der Waals surface area contributed by atoms with E-state index >= 15 is 0 Å². The lowest BCUT2D eigenvalue weighted by Crippen LogP contribution is -1.97. The van der Waals surface area contributed by atoms with Crippen LogP contribution in [0.4, 0.5) is 11.5 Å². The number of hydrogen-bond acceptors (Lipinski definition) is 5. The number of hydrogen-bond donors (Lipinski definition) is 3. The van der Waals surface area contributed by atoms with E-state index in [2.05, 4.69) is 25.3 Å². The smallest absolute Gasteiger partial charge is 0.352 e. The highest BCUT2D eigenvalue weighted by Crippen LogP contribution is 2.30. The molecule has 0 saturated carbocycles. The molecule has 4 heterocycles. The molecule has 4 aromatic rings. The van der Waals surface area contributed by atoms with Crippen LogP contribution >= 0.6 is 0 Å². The first-order valence-electron chi connectivity index (χ1n) is 7.31. The third-order valence-corrected chi connectivity index (χ3v) is 3.78. The molecule has 0 unspecified atom stereocenters. The van der Waals surface area contributed by atoms with Crippen molar-refractivity contribution in [2.45, 2.75) is 6.92 Å². The Bertz CT molecular complexity index is 1090. The van der Waals surface area contributed by atoms with Crippen molar-refractivity contribution in [2.75, 3.05) is 5.32 Å². The SMILES string of the molecule is Cc1cc(Nc2nc3[nH]c(C(=O)O)cc3c3ccncc23)ccn1. The van der Waals surface area contributed by atoms with Gasteiger partial charge in [-0.05, 0) is 36.6 Å². The topological polar surface area (TPSA) is 104 Å². The second-order valence-electron chi connectivity index (χ2n) is 5.44. The van der Waals surface area contributed by atoms with Gasteiger partial charge < -0.3 is 15.4 Å². The molecule has 24 heavy (non-hydrogen) atoms. The van der Waals surface area contributed by atoms with Crippen molar-refractivity contribution in [3.8, 4) is 0 Å². The summed E-state index contributed by atoms with van der Waals surface area (Å²) in [7, 11) is 0. The van der Waals surface area contributed by atoms with Crippen molar-refractivity contribution in [2.24, 2.45) is 0 Å². The second kappa shape index (κ2) is 5.31. The molecule has 7 heteroatoms. The summed E-state index contributed by atoms with van der Waals surface area (Å²) in [4.78, 5) is 26.9. The highest BCUT2D eigenvalue weighted by molar-refractivity contribution is 6.11. The summed E-state index contributed by atoms with van der Waals surface area (Å²) >= 11 is 0. The molecule has 4 aromatic heterocycles. The van der Waals surface area contributed by atoms with Crippen LogP contribution in [0.3, 0.4) is 0 Å². The minimum atomic E-state index is -1.02. The predicted octanol–water partition coefficient (Wildman–Crippen LogP) is 3.26. The number of rotatable bonds is 3. The number of pyridine rings is 3. The number of carboxylic acid groups (broad SMARTS) is 1. The first kappa shape index (κ1) is 14.1. The lowest BCUT2D eigenvalue weighted by molar-refractivity contribution is 0.0691. The second-order valence-corrected chi connectivity index (χ2v) is 5.44. The van der Waals surface area contributed by atoms with Gasteiger partial charge in [0.15, 0.2) is 0 Å². The van der Waals surface area contributed by atoms with Gasteiger partial charge in [0.2, 0.25) is 0 Å². The lowest BCUT2D eigenvalue weighted by Gasteiger charge is -2.09. The molecule has 0 aliphatic carbocycles. The largest absolute Gasteiger partial charge is 0.477 e. The maximum atomic E-state index is 11.2. The number of anilines is 2. The van der Waals surface area contributed by atoms with Gasteiger partial charge >= 0.3 is 5.97 Å². The van der Waals surface area contributed by atoms with Crippen molar-refractivity contribution in [3.05, 3.63) is 54.2 Å². The summed E-state index contributed by atoms with van der Waals surface area (Å²) in [5, 5.41) is 14.9. The van der Waals surface area contributed by atoms with Crippen LogP contribution in [0.25, 0.3) is 21.8 Å². The molecule has 0 atom stereocenters. The minimum absolute atomic E-state index is 0.104. The zero-order chi connectivity index (χ0) is 16.7. The molecular formula is C17H13N5O2. The van der Waals surface area contributed by atoms with E-state index in [1.807, 2.05) is 25.1 Å². The Hall–Kier alpha value is -3.48. The zero-order valence-corrected chi connectivity index (χ0v) is 12.7. The number of nitrogens with zero attached hydrogens (tertiary/aromatic N) is 3. The van der Waals surface area contributed by atoms with Crippen LogP contribution in [0, 0.1) is 6.92 Å². The molecular weight excluding hydrogens is 306 g/mol. The van der Waals surface area contributed by atoms with Gasteiger partial charge in [0.1, 0.15) is 17.2 Å². The summed E-state index contributed by atoms with van der Waals surface area (Å²) in [5.41, 5.74) is 2.35. The monoisotopic (exact) mass is 319 g/mol. The van der Waals surface area contributed by atoms with Crippen molar-refractivity contribution in [3.63, 3.8) is 0 Å². The van der Waals surface area contributed by atoms with Gasteiger partial charge in [-0.3, -0.25) is 9.97 Å². The molecule has 4 rings (SSSR count). The number of aromatic amines is 1. The number of aromatic carboxylic acids is 1. The average Bonchev–Trinajstić information content (AvgIpc) is 3.00. The van der Waals surface area contributed by atoms with Crippen LogP contribution < -0.4 is 5.32 Å². The number of carbonyl (C=O) groups is 1. The van der Waals surface area contributed by atoms with Gasteiger partial charge in [0.05, 0.1) is 0 Å². The van der Waals surface area contributed by atoms with Gasteiger partial charge in [-0.2, -0.15) is 0 Å². The maximum Gasteiger partial charge on any atom is 0.352 e. The third-order valence-electron chi connectivity index (χ3n) is 3.78. The van der Waals surface area contributed by atoms with Gasteiger partial charge in [0.25, 0.3) is 0 Å². The minimum Gasteiger partial charge on any atom is -0.477 e. The first-order valence-corrected chi connectivity index (χ1v) is 7.31. The Balaban J connectivity index is 1.94. The van der Waals surface area contributed by atoms with Crippen molar-refractivity contribution in [1.82, 2.24) is 19.9 Å². The molecule has 0 saturated heterocycles. The Morgan fingerprint density at radius 1 is 1.17 bits per heavy atom. The van der Waals surface area contributed by atoms with Gasteiger partial charge in [-0.15, -0.1) is 0 Å². The third kappa shape index (κ3) is 2.32. The van der Waals surface area contributed by atoms with Gasteiger partial charge in [0, 0.05) is 40.7 Å². The highest BCUT2D eigenvalue weighted by atomic mass is 16.4. The molecule has 0 fully saturated rings. The fraction of sp³-hybridized carbons (Fsp3) is 0.0588. The van der Waals surface area contributed by atoms with Gasteiger partial charge in [-0.1, -0.05) is 0 Å². The number of nitrogens with one attached hydrogen (secondary N) is 2. The summed E-state index contributed by atoms with van der Waals surface area (Å²) in [6.07, 6.45) is 5.11.